The fourth-order valence-corrected chi connectivity index (χ4v) is 4.74. The molecule has 0 aliphatic rings. The largest absolute Gasteiger partial charge is 0.384 e. The molecule has 1 heterocycles. The average molecular weight is 394 g/mol. The molecule has 2 rings (SSSR count). The molecule has 1 aromatic heterocycles. The van der Waals surface area contributed by atoms with Crippen LogP contribution in [-0.2, 0) is 0 Å². The zero-order valence-corrected chi connectivity index (χ0v) is 13.8. The monoisotopic (exact) mass is 392 g/mol. The van der Waals surface area contributed by atoms with Crippen molar-refractivity contribution in [2.24, 2.45) is 0 Å². The smallest absolute Gasteiger partial charge is 0.129 e. The van der Waals surface area contributed by atoms with Crippen LogP contribution < -0.4 is 0 Å². The Labute approximate surface area is 126 Å². The van der Waals surface area contributed by atoms with E-state index < -0.39 is 6.10 Å². The molecule has 0 aliphatic heterocycles. The van der Waals surface area contributed by atoms with Crippen molar-refractivity contribution in [2.75, 3.05) is 0 Å². The number of benzene rings is 1. The van der Waals surface area contributed by atoms with Gasteiger partial charge in [-0.15, -0.1) is 11.3 Å². The molecule has 0 fully saturated rings. The van der Waals surface area contributed by atoms with Crippen molar-refractivity contribution in [3.8, 4) is 0 Å². The van der Waals surface area contributed by atoms with Gasteiger partial charge in [0.25, 0.3) is 0 Å². The van der Waals surface area contributed by atoms with Gasteiger partial charge in [0, 0.05) is 5.56 Å². The molecule has 1 atom stereocenters. The Bertz CT molecular complexity index is 572. The van der Waals surface area contributed by atoms with Crippen LogP contribution in [-0.4, -0.2) is 5.11 Å². The molecule has 0 saturated heterocycles. The predicted octanol–water partition coefficient (Wildman–Crippen LogP) is 5.11. The maximum Gasteiger partial charge on any atom is 0.129 e. The van der Waals surface area contributed by atoms with Gasteiger partial charge >= 0.3 is 0 Å². The number of rotatable bonds is 2. The lowest BCUT2D eigenvalue weighted by atomic mass is 9.99. The normalized spacial score (nSPS) is 12.8. The van der Waals surface area contributed by atoms with Crippen LogP contribution in [0, 0.1) is 19.7 Å². The van der Waals surface area contributed by atoms with Crippen molar-refractivity contribution in [1.82, 2.24) is 0 Å². The van der Waals surface area contributed by atoms with E-state index in [4.69, 9.17) is 0 Å². The van der Waals surface area contributed by atoms with E-state index in [9.17, 15) is 9.50 Å². The zero-order valence-electron chi connectivity index (χ0n) is 9.80. The minimum atomic E-state index is -0.750. The third kappa shape index (κ3) is 2.69. The van der Waals surface area contributed by atoms with Crippen molar-refractivity contribution in [3.63, 3.8) is 0 Å². The van der Waals surface area contributed by atoms with Crippen molar-refractivity contribution in [3.05, 3.63) is 53.8 Å². The molecule has 0 spiro atoms. The lowest BCUT2D eigenvalue weighted by molar-refractivity contribution is 0.220. The van der Waals surface area contributed by atoms with E-state index in [0.29, 0.717) is 16.7 Å². The van der Waals surface area contributed by atoms with Crippen LogP contribution in [0.15, 0.2) is 25.8 Å². The summed E-state index contributed by atoms with van der Waals surface area (Å²) in [4.78, 5) is 0. The molecule has 1 N–H and O–H groups in total. The number of aliphatic hydroxyl groups excluding tert-OH is 1. The van der Waals surface area contributed by atoms with Gasteiger partial charge in [-0.25, -0.2) is 4.39 Å². The second kappa shape index (κ2) is 5.41. The van der Waals surface area contributed by atoms with E-state index >= 15 is 0 Å². The number of aryl methyl sites for hydroxylation is 2. The van der Waals surface area contributed by atoms with E-state index in [1.807, 2.05) is 6.07 Å². The second-order valence-corrected chi connectivity index (χ2v) is 7.90. The van der Waals surface area contributed by atoms with E-state index in [1.54, 1.807) is 26.0 Å². The summed E-state index contributed by atoms with van der Waals surface area (Å²) in [5.74, 6) is -0.212. The number of aliphatic hydroxyl groups is 1. The Balaban J connectivity index is 2.46. The molecule has 5 heteroatoms. The predicted molar refractivity (Wildman–Crippen MR) is 79.7 cm³/mol. The highest BCUT2D eigenvalue weighted by Crippen LogP contribution is 2.38. The summed E-state index contributed by atoms with van der Waals surface area (Å²) in [6.45, 7) is 3.41. The maximum absolute atomic E-state index is 13.6. The molecule has 2 aromatic rings. The molecular formula is C13H11Br2FOS. The van der Waals surface area contributed by atoms with Crippen LogP contribution in [0.5, 0.6) is 0 Å². The van der Waals surface area contributed by atoms with Gasteiger partial charge in [-0.05, 0) is 68.5 Å². The van der Waals surface area contributed by atoms with E-state index in [0.717, 1.165) is 13.1 Å². The summed E-state index contributed by atoms with van der Waals surface area (Å²) in [5.41, 5.74) is 2.60. The molecule has 1 unspecified atom stereocenters. The highest BCUT2D eigenvalue weighted by atomic mass is 79.9. The van der Waals surface area contributed by atoms with Gasteiger partial charge in [-0.1, -0.05) is 12.1 Å². The molecule has 0 radical (unpaired) electrons. The Morgan fingerprint density at radius 1 is 1.17 bits per heavy atom. The van der Waals surface area contributed by atoms with Crippen LogP contribution in [0.2, 0.25) is 0 Å². The summed E-state index contributed by atoms with van der Waals surface area (Å²) in [6, 6.07) is 5.24. The highest BCUT2D eigenvalue weighted by molar-refractivity contribution is 9.12. The first kappa shape index (κ1) is 14.2. The highest BCUT2D eigenvalue weighted by Gasteiger charge is 2.18. The van der Waals surface area contributed by atoms with E-state index in [1.165, 1.54) is 11.3 Å². The van der Waals surface area contributed by atoms with Crippen LogP contribution >= 0.6 is 43.2 Å². The van der Waals surface area contributed by atoms with Crippen molar-refractivity contribution >= 4 is 43.2 Å². The molecule has 18 heavy (non-hydrogen) atoms. The third-order valence-electron chi connectivity index (χ3n) is 2.75. The first-order chi connectivity index (χ1) is 8.40. The number of thiophene rings is 1. The van der Waals surface area contributed by atoms with Gasteiger partial charge in [0.1, 0.15) is 11.9 Å². The van der Waals surface area contributed by atoms with Gasteiger partial charge in [-0.2, -0.15) is 0 Å². The molecule has 0 amide bonds. The molecule has 0 saturated carbocycles. The van der Waals surface area contributed by atoms with Crippen LogP contribution in [0.4, 0.5) is 4.39 Å². The SMILES string of the molecule is Cc1cc(C(O)c2cc(Br)sc2Br)cc(C)c1F. The van der Waals surface area contributed by atoms with E-state index in [2.05, 4.69) is 31.9 Å². The minimum Gasteiger partial charge on any atom is -0.384 e. The Morgan fingerprint density at radius 3 is 2.17 bits per heavy atom. The van der Waals surface area contributed by atoms with Crippen molar-refractivity contribution in [2.45, 2.75) is 20.0 Å². The second-order valence-electron chi connectivity index (χ2n) is 4.15. The standard InChI is InChI=1S/C13H11Br2FOS/c1-6-3-8(4-7(2)11(6)16)12(17)9-5-10(14)18-13(9)15/h3-5,12,17H,1-2H3. The molecule has 96 valence electrons. The fraction of sp³-hybridized carbons (Fsp3) is 0.231. The summed E-state index contributed by atoms with van der Waals surface area (Å²) in [5, 5.41) is 10.4. The summed E-state index contributed by atoms with van der Waals surface area (Å²) in [7, 11) is 0. The maximum atomic E-state index is 13.6. The lowest BCUT2D eigenvalue weighted by Crippen LogP contribution is -2.01. The number of hydrogen-bond acceptors (Lipinski definition) is 2. The first-order valence-corrected chi connectivity index (χ1v) is 7.70. The topological polar surface area (TPSA) is 20.2 Å². The number of hydrogen-bond donors (Lipinski definition) is 1. The Morgan fingerprint density at radius 2 is 1.72 bits per heavy atom. The molecule has 0 aliphatic carbocycles. The molecular weight excluding hydrogens is 383 g/mol. The van der Waals surface area contributed by atoms with Crippen molar-refractivity contribution in [1.29, 1.82) is 0 Å². The first-order valence-electron chi connectivity index (χ1n) is 5.29. The summed E-state index contributed by atoms with van der Waals surface area (Å²) in [6.07, 6.45) is -0.750. The quantitative estimate of drug-likeness (QED) is 0.751. The number of halogens is 3. The molecule has 1 aromatic carbocycles. The van der Waals surface area contributed by atoms with Gasteiger partial charge in [-0.3, -0.25) is 0 Å². The lowest BCUT2D eigenvalue weighted by Gasteiger charge is -2.13. The van der Waals surface area contributed by atoms with Crippen LogP contribution in [0.3, 0.4) is 0 Å². The third-order valence-corrected chi connectivity index (χ3v) is 5.14. The van der Waals surface area contributed by atoms with Crippen LogP contribution in [0.25, 0.3) is 0 Å². The Kier molecular flexibility index (Phi) is 4.26. The zero-order chi connectivity index (χ0) is 13.4. The van der Waals surface area contributed by atoms with Gasteiger partial charge < -0.3 is 5.11 Å². The molecule has 0 bridgehead atoms. The van der Waals surface area contributed by atoms with Crippen LogP contribution in [0.1, 0.15) is 28.4 Å². The summed E-state index contributed by atoms with van der Waals surface area (Å²) < 4.78 is 15.4. The van der Waals surface area contributed by atoms with Gasteiger partial charge in [0.2, 0.25) is 0 Å². The van der Waals surface area contributed by atoms with Crippen molar-refractivity contribution < 1.29 is 9.50 Å². The van der Waals surface area contributed by atoms with Gasteiger partial charge in [0.05, 0.1) is 7.57 Å². The average Bonchev–Trinajstić information content (AvgIpc) is 2.63. The summed E-state index contributed by atoms with van der Waals surface area (Å²) >= 11 is 8.31. The molecule has 1 nitrogen and oxygen atoms in total. The Hall–Kier alpha value is -0.230. The van der Waals surface area contributed by atoms with E-state index in [-0.39, 0.29) is 5.82 Å². The minimum absolute atomic E-state index is 0.212. The fourth-order valence-electron chi connectivity index (χ4n) is 1.86. The van der Waals surface area contributed by atoms with Gasteiger partial charge in [0.15, 0.2) is 0 Å².